The van der Waals surface area contributed by atoms with E-state index in [-0.39, 0.29) is 5.69 Å². The number of aromatic nitrogens is 1. The van der Waals surface area contributed by atoms with Gasteiger partial charge in [-0.2, -0.15) is 0 Å². The molecule has 0 spiro atoms. The highest BCUT2D eigenvalue weighted by atomic mass is 35.5. The average molecular weight is 276 g/mol. The van der Waals surface area contributed by atoms with Gasteiger partial charge in [-0.1, -0.05) is 16.8 Å². The Labute approximate surface area is 103 Å². The monoisotopic (exact) mass is 275 g/mol. The Morgan fingerprint density at radius 3 is 2.61 bits per heavy atom. The number of aromatic carboxylic acids is 1. The zero-order valence-corrected chi connectivity index (χ0v) is 9.20. The molecular weight excluding hydrogens is 272 g/mol. The maximum Gasteiger partial charge on any atom is 0.374 e. The van der Waals surface area contributed by atoms with Crippen molar-refractivity contribution in [3.63, 3.8) is 0 Å². The highest BCUT2D eigenvalue weighted by molar-refractivity contribution is 6.32. The quantitative estimate of drug-likeness (QED) is 0.823. The van der Waals surface area contributed by atoms with Gasteiger partial charge in [-0.25, -0.2) is 13.6 Å². The fourth-order valence-corrected chi connectivity index (χ4v) is 1.50. The number of halogens is 3. The van der Waals surface area contributed by atoms with Gasteiger partial charge >= 0.3 is 5.97 Å². The van der Waals surface area contributed by atoms with Crippen molar-refractivity contribution < 1.29 is 28.3 Å². The summed E-state index contributed by atoms with van der Waals surface area (Å²) in [4.78, 5) is 10.6. The molecule has 1 aromatic carbocycles. The van der Waals surface area contributed by atoms with Crippen LogP contribution in [0.3, 0.4) is 0 Å². The first-order valence-electron chi connectivity index (χ1n) is 4.48. The number of rotatable bonds is 2. The molecule has 0 aliphatic rings. The van der Waals surface area contributed by atoms with Crippen molar-refractivity contribution in [2.75, 3.05) is 0 Å². The minimum absolute atomic E-state index is 0.371. The third-order valence-corrected chi connectivity index (χ3v) is 2.41. The van der Waals surface area contributed by atoms with Crippen LogP contribution in [0.15, 0.2) is 16.7 Å². The topological polar surface area (TPSA) is 83.6 Å². The first kappa shape index (κ1) is 12.3. The van der Waals surface area contributed by atoms with Crippen LogP contribution in [-0.2, 0) is 0 Å². The Bertz CT molecular complexity index is 615. The van der Waals surface area contributed by atoms with E-state index in [4.69, 9.17) is 16.7 Å². The van der Waals surface area contributed by atoms with Gasteiger partial charge in [0.1, 0.15) is 11.4 Å². The predicted octanol–water partition coefficient (Wildman–Crippen LogP) is 2.68. The highest BCUT2D eigenvalue weighted by Gasteiger charge is 2.23. The predicted molar refractivity (Wildman–Crippen MR) is 55.5 cm³/mol. The number of carboxylic acids is 1. The van der Waals surface area contributed by atoms with E-state index in [1.54, 1.807) is 0 Å². The number of phenolic OH excluding ortho intramolecular Hbond substituents is 1. The van der Waals surface area contributed by atoms with Crippen LogP contribution in [-0.4, -0.2) is 21.3 Å². The van der Waals surface area contributed by atoms with Crippen LogP contribution in [0.1, 0.15) is 10.6 Å². The summed E-state index contributed by atoms with van der Waals surface area (Å²) < 4.78 is 31.0. The smallest absolute Gasteiger partial charge is 0.374 e. The number of hydrogen-bond donors (Lipinski definition) is 2. The molecule has 1 heterocycles. The van der Waals surface area contributed by atoms with E-state index >= 15 is 0 Å². The Morgan fingerprint density at radius 2 is 2.06 bits per heavy atom. The van der Waals surface area contributed by atoms with Crippen molar-refractivity contribution in [3.8, 4) is 17.0 Å². The van der Waals surface area contributed by atoms with E-state index in [0.29, 0.717) is 6.07 Å². The number of phenols is 1. The molecule has 0 unspecified atom stereocenters. The van der Waals surface area contributed by atoms with Gasteiger partial charge in [-0.05, 0) is 6.07 Å². The normalized spacial score (nSPS) is 10.6. The standard InChI is InChI=1S/C10H4ClF2NO4/c11-3-1-4(12)8(13)7(9(3)15)5-2-6(10(16)17)18-14-5/h1-2,15H,(H,16,17). The molecule has 0 atom stereocenters. The molecular formula is C10H4ClF2NO4. The van der Waals surface area contributed by atoms with E-state index < -0.39 is 39.7 Å². The summed E-state index contributed by atoms with van der Waals surface area (Å²) in [5.41, 5.74) is -1.03. The van der Waals surface area contributed by atoms with Crippen molar-refractivity contribution in [1.29, 1.82) is 0 Å². The van der Waals surface area contributed by atoms with Gasteiger partial charge < -0.3 is 14.7 Å². The summed E-state index contributed by atoms with van der Waals surface area (Å²) in [5, 5.41) is 20.9. The minimum atomic E-state index is -1.43. The Balaban J connectivity index is 2.66. The molecule has 0 aliphatic heterocycles. The second-order valence-electron chi connectivity index (χ2n) is 3.26. The molecule has 0 saturated carbocycles. The van der Waals surface area contributed by atoms with Gasteiger partial charge in [0, 0.05) is 6.07 Å². The maximum absolute atomic E-state index is 13.5. The van der Waals surface area contributed by atoms with Gasteiger partial charge in [0.15, 0.2) is 11.6 Å². The average Bonchev–Trinajstić information content (AvgIpc) is 2.76. The summed E-state index contributed by atoms with van der Waals surface area (Å²) in [7, 11) is 0. The van der Waals surface area contributed by atoms with E-state index in [9.17, 15) is 18.7 Å². The molecule has 0 saturated heterocycles. The lowest BCUT2D eigenvalue weighted by Crippen LogP contribution is -1.93. The lowest BCUT2D eigenvalue weighted by molar-refractivity contribution is 0.0652. The molecule has 1 aromatic heterocycles. The molecule has 5 nitrogen and oxygen atoms in total. The van der Waals surface area contributed by atoms with Crippen molar-refractivity contribution in [2.45, 2.75) is 0 Å². The fourth-order valence-electron chi connectivity index (χ4n) is 1.31. The van der Waals surface area contributed by atoms with Crippen LogP contribution in [0.25, 0.3) is 11.3 Å². The van der Waals surface area contributed by atoms with Crippen LogP contribution in [0.2, 0.25) is 5.02 Å². The maximum atomic E-state index is 13.5. The first-order chi connectivity index (χ1) is 8.41. The zero-order valence-electron chi connectivity index (χ0n) is 8.45. The van der Waals surface area contributed by atoms with Crippen LogP contribution in [0.4, 0.5) is 8.78 Å². The van der Waals surface area contributed by atoms with Crippen molar-refractivity contribution >= 4 is 17.6 Å². The number of nitrogens with zero attached hydrogens (tertiary/aromatic N) is 1. The van der Waals surface area contributed by atoms with Gasteiger partial charge in [0.05, 0.1) is 10.6 Å². The third-order valence-electron chi connectivity index (χ3n) is 2.12. The third kappa shape index (κ3) is 1.88. The molecule has 2 rings (SSSR count). The van der Waals surface area contributed by atoms with Crippen molar-refractivity contribution in [1.82, 2.24) is 5.16 Å². The summed E-state index contributed by atoms with van der Waals surface area (Å²) in [6.07, 6.45) is 0. The van der Waals surface area contributed by atoms with Crippen LogP contribution in [0, 0.1) is 11.6 Å². The van der Waals surface area contributed by atoms with E-state index in [1.807, 2.05) is 0 Å². The minimum Gasteiger partial charge on any atom is -0.506 e. The van der Waals surface area contributed by atoms with Crippen LogP contribution >= 0.6 is 11.6 Å². The van der Waals surface area contributed by atoms with Crippen molar-refractivity contribution in [2.24, 2.45) is 0 Å². The first-order valence-corrected chi connectivity index (χ1v) is 4.86. The molecule has 2 aromatic rings. The summed E-state index contributed by atoms with van der Waals surface area (Å²) in [6, 6.07) is 1.43. The lowest BCUT2D eigenvalue weighted by atomic mass is 10.1. The van der Waals surface area contributed by atoms with Crippen molar-refractivity contribution in [3.05, 3.63) is 34.6 Å². The van der Waals surface area contributed by atoms with Gasteiger partial charge in [-0.15, -0.1) is 0 Å². The molecule has 0 aliphatic carbocycles. The second-order valence-corrected chi connectivity index (χ2v) is 3.67. The van der Waals surface area contributed by atoms with E-state index in [0.717, 1.165) is 6.07 Å². The lowest BCUT2D eigenvalue weighted by Gasteiger charge is -2.05. The molecule has 8 heteroatoms. The largest absolute Gasteiger partial charge is 0.506 e. The van der Waals surface area contributed by atoms with Gasteiger partial charge in [0.2, 0.25) is 5.76 Å². The molecule has 0 fully saturated rings. The van der Waals surface area contributed by atoms with E-state index in [2.05, 4.69) is 9.68 Å². The Hall–Kier alpha value is -2.15. The number of carboxylic acid groups (broad SMARTS) is 1. The number of hydrogen-bond acceptors (Lipinski definition) is 4. The Morgan fingerprint density at radius 1 is 1.39 bits per heavy atom. The summed E-state index contributed by atoms with van der Waals surface area (Å²) in [5.74, 6) is -5.46. The molecule has 2 N–H and O–H groups in total. The SMILES string of the molecule is O=C(O)c1cc(-c2c(O)c(Cl)cc(F)c2F)no1. The summed E-state index contributed by atoms with van der Waals surface area (Å²) in [6.45, 7) is 0. The number of benzene rings is 1. The summed E-state index contributed by atoms with van der Waals surface area (Å²) >= 11 is 5.48. The number of carbonyl (C=O) groups is 1. The Kier molecular flexibility index (Phi) is 2.92. The molecule has 0 amide bonds. The van der Waals surface area contributed by atoms with Gasteiger partial charge in [-0.3, -0.25) is 0 Å². The molecule has 18 heavy (non-hydrogen) atoms. The van der Waals surface area contributed by atoms with Crippen LogP contribution in [0.5, 0.6) is 5.75 Å². The number of aromatic hydroxyl groups is 1. The molecule has 94 valence electrons. The van der Waals surface area contributed by atoms with Gasteiger partial charge in [0.25, 0.3) is 0 Å². The molecule has 0 bridgehead atoms. The zero-order chi connectivity index (χ0) is 13.4. The van der Waals surface area contributed by atoms with Crippen LogP contribution < -0.4 is 0 Å². The second kappa shape index (κ2) is 4.26. The molecule has 0 radical (unpaired) electrons. The highest BCUT2D eigenvalue weighted by Crippen LogP contribution is 2.38. The fraction of sp³-hybridized carbons (Fsp3) is 0. The van der Waals surface area contributed by atoms with E-state index in [1.165, 1.54) is 0 Å².